The molecule has 0 unspecified atom stereocenters. The molecule has 0 radical (unpaired) electrons. The zero-order valence-corrected chi connectivity index (χ0v) is 16.6. The second kappa shape index (κ2) is 10.0. The molecule has 0 N–H and O–H groups in total. The third kappa shape index (κ3) is 5.92. The second-order valence-corrected chi connectivity index (χ2v) is 6.78. The van der Waals surface area contributed by atoms with Gasteiger partial charge in [-0.3, -0.25) is 0 Å². The molecule has 2 aromatic rings. The monoisotopic (exact) mass is 418 g/mol. The molecule has 1 atom stereocenters. The Balaban J connectivity index is 1.96. The van der Waals surface area contributed by atoms with Crippen molar-refractivity contribution >= 4 is 21.9 Å². The van der Waals surface area contributed by atoms with Crippen molar-refractivity contribution in [3.8, 4) is 17.2 Å². The molecule has 0 saturated carbocycles. The average Bonchev–Trinajstić information content (AvgIpc) is 2.66. The molecule has 0 spiro atoms. The van der Waals surface area contributed by atoms with Gasteiger partial charge in [-0.25, -0.2) is 4.79 Å². The van der Waals surface area contributed by atoms with Crippen LogP contribution in [0.25, 0.3) is 0 Å². The molecule has 2 aromatic carbocycles. The molecule has 138 valence electrons. The van der Waals surface area contributed by atoms with Gasteiger partial charge >= 0.3 is 5.97 Å². The molecule has 0 aliphatic carbocycles. The van der Waals surface area contributed by atoms with Crippen LogP contribution in [0.2, 0.25) is 0 Å². The van der Waals surface area contributed by atoms with Crippen molar-refractivity contribution in [3.63, 3.8) is 0 Å². The van der Waals surface area contributed by atoms with Gasteiger partial charge in [0, 0.05) is 0 Å². The highest BCUT2D eigenvalue weighted by Crippen LogP contribution is 2.27. The van der Waals surface area contributed by atoms with Crippen LogP contribution in [0.4, 0.5) is 0 Å². The molecule has 0 aliphatic heterocycles. The van der Waals surface area contributed by atoms with Crippen LogP contribution in [-0.4, -0.2) is 19.2 Å². The van der Waals surface area contributed by atoms with Crippen molar-refractivity contribution < 1.29 is 19.0 Å². The fraction of sp³-hybridized carbons (Fsp3) is 0.286. The zero-order chi connectivity index (χ0) is 18.9. The van der Waals surface area contributed by atoms with Crippen LogP contribution in [0.5, 0.6) is 17.2 Å². The first-order valence-corrected chi connectivity index (χ1v) is 9.31. The third-order valence-electron chi connectivity index (χ3n) is 3.79. The maximum atomic E-state index is 12.3. The summed E-state index contributed by atoms with van der Waals surface area (Å²) in [6.07, 6.45) is 2.73. The van der Waals surface area contributed by atoms with E-state index >= 15 is 0 Å². The lowest BCUT2D eigenvalue weighted by molar-refractivity contribution is 0.0734. The number of carbonyl (C=O) groups excluding carboxylic acids is 1. The summed E-state index contributed by atoms with van der Waals surface area (Å²) < 4.78 is 17.3. The molecule has 0 aliphatic rings. The Kier molecular flexibility index (Phi) is 7.73. The molecule has 0 aromatic heterocycles. The van der Waals surface area contributed by atoms with E-state index in [1.165, 1.54) is 0 Å². The molecule has 0 heterocycles. The maximum Gasteiger partial charge on any atom is 0.343 e. The summed E-state index contributed by atoms with van der Waals surface area (Å²) >= 11 is 3.39. The van der Waals surface area contributed by atoms with E-state index in [4.69, 9.17) is 14.2 Å². The number of halogens is 1. The Labute approximate surface area is 162 Å². The molecule has 26 heavy (non-hydrogen) atoms. The van der Waals surface area contributed by atoms with Gasteiger partial charge in [-0.15, -0.1) is 0 Å². The quantitative estimate of drug-likeness (QED) is 0.299. The van der Waals surface area contributed by atoms with Gasteiger partial charge in [0.05, 0.1) is 16.6 Å². The second-order valence-electron chi connectivity index (χ2n) is 5.93. The Morgan fingerprint density at radius 1 is 1.15 bits per heavy atom. The fourth-order valence-electron chi connectivity index (χ4n) is 2.02. The van der Waals surface area contributed by atoms with Gasteiger partial charge in [0.15, 0.2) is 0 Å². The molecule has 0 saturated heterocycles. The van der Waals surface area contributed by atoms with Crippen LogP contribution >= 0.6 is 15.9 Å². The number of rotatable bonds is 9. The molecule has 0 amide bonds. The number of hydrogen-bond donors (Lipinski definition) is 0. The summed E-state index contributed by atoms with van der Waals surface area (Å²) in [5.41, 5.74) is 0.430. The van der Waals surface area contributed by atoms with Crippen LogP contribution in [0.3, 0.4) is 0 Å². The molecule has 5 heteroatoms. The van der Waals surface area contributed by atoms with E-state index in [9.17, 15) is 4.79 Å². The predicted octanol–water partition coefficient (Wildman–Crippen LogP) is 5.66. The van der Waals surface area contributed by atoms with E-state index in [1.807, 2.05) is 0 Å². The summed E-state index contributed by atoms with van der Waals surface area (Å²) in [5, 5.41) is 0. The van der Waals surface area contributed by atoms with E-state index < -0.39 is 5.97 Å². The standard InChI is InChI=1S/C21H23BrO4/c1-4-12-24-20-11-6-16(13-19(20)22)21(23)26-18-9-7-17(8-10-18)25-14-15(3)5-2/h4,6-11,13,15H,1,5,12,14H2,2-3H3/t15-/m0/s1. The lowest BCUT2D eigenvalue weighted by Gasteiger charge is -2.11. The van der Waals surface area contributed by atoms with E-state index in [1.54, 1.807) is 48.5 Å². The van der Waals surface area contributed by atoms with Crippen LogP contribution in [0.15, 0.2) is 59.6 Å². The van der Waals surface area contributed by atoms with Crippen molar-refractivity contribution in [1.29, 1.82) is 0 Å². The maximum absolute atomic E-state index is 12.3. The topological polar surface area (TPSA) is 44.8 Å². The van der Waals surface area contributed by atoms with Gasteiger partial charge in [-0.1, -0.05) is 32.9 Å². The van der Waals surface area contributed by atoms with E-state index in [2.05, 4.69) is 36.4 Å². The van der Waals surface area contributed by atoms with Crippen molar-refractivity contribution in [2.45, 2.75) is 20.3 Å². The molecule has 0 fully saturated rings. The minimum Gasteiger partial charge on any atom is -0.493 e. The van der Waals surface area contributed by atoms with Gasteiger partial charge in [0.2, 0.25) is 0 Å². The SMILES string of the molecule is C=CCOc1ccc(C(=O)Oc2ccc(OC[C@@H](C)CC)cc2)cc1Br. The lowest BCUT2D eigenvalue weighted by atomic mass is 10.1. The van der Waals surface area contributed by atoms with Crippen molar-refractivity contribution in [3.05, 3.63) is 65.2 Å². The van der Waals surface area contributed by atoms with Crippen molar-refractivity contribution in [1.82, 2.24) is 0 Å². The zero-order valence-electron chi connectivity index (χ0n) is 15.0. The van der Waals surface area contributed by atoms with Crippen molar-refractivity contribution in [2.75, 3.05) is 13.2 Å². The van der Waals surface area contributed by atoms with Gasteiger partial charge in [-0.05, 0) is 64.3 Å². The fourth-order valence-corrected chi connectivity index (χ4v) is 2.51. The number of benzene rings is 2. The summed E-state index contributed by atoms with van der Waals surface area (Å²) in [6, 6.07) is 12.1. The number of esters is 1. The summed E-state index contributed by atoms with van der Waals surface area (Å²) in [4.78, 5) is 12.3. The van der Waals surface area contributed by atoms with Crippen LogP contribution in [0, 0.1) is 5.92 Å². The molecular formula is C21H23BrO4. The summed E-state index contributed by atoms with van der Waals surface area (Å²) in [7, 11) is 0. The van der Waals surface area contributed by atoms with E-state index in [-0.39, 0.29) is 0 Å². The third-order valence-corrected chi connectivity index (χ3v) is 4.41. The molecule has 4 nitrogen and oxygen atoms in total. The first kappa shape index (κ1) is 20.0. The highest BCUT2D eigenvalue weighted by Gasteiger charge is 2.12. The number of carbonyl (C=O) groups is 1. The normalized spacial score (nSPS) is 11.5. The highest BCUT2D eigenvalue weighted by molar-refractivity contribution is 9.10. The van der Waals surface area contributed by atoms with E-state index in [0.29, 0.717) is 40.7 Å². The van der Waals surface area contributed by atoms with Crippen LogP contribution in [0.1, 0.15) is 30.6 Å². The summed E-state index contributed by atoms with van der Waals surface area (Å²) in [6.45, 7) is 8.95. The molecule has 0 bridgehead atoms. The number of hydrogen-bond acceptors (Lipinski definition) is 4. The van der Waals surface area contributed by atoms with Crippen LogP contribution < -0.4 is 14.2 Å². The van der Waals surface area contributed by atoms with E-state index in [0.717, 1.165) is 12.2 Å². The molecular weight excluding hydrogens is 396 g/mol. The predicted molar refractivity (Wildman–Crippen MR) is 106 cm³/mol. The average molecular weight is 419 g/mol. The largest absolute Gasteiger partial charge is 0.493 e. The summed E-state index contributed by atoms with van der Waals surface area (Å²) in [5.74, 6) is 1.94. The van der Waals surface area contributed by atoms with Crippen LogP contribution in [-0.2, 0) is 0 Å². The van der Waals surface area contributed by atoms with Gasteiger partial charge < -0.3 is 14.2 Å². The first-order chi connectivity index (χ1) is 12.5. The number of ether oxygens (including phenoxy) is 3. The molecule has 2 rings (SSSR count). The highest BCUT2D eigenvalue weighted by atomic mass is 79.9. The Morgan fingerprint density at radius 2 is 1.85 bits per heavy atom. The minimum absolute atomic E-state index is 0.397. The Bertz CT molecular complexity index is 740. The smallest absolute Gasteiger partial charge is 0.343 e. The lowest BCUT2D eigenvalue weighted by Crippen LogP contribution is -2.09. The Hall–Kier alpha value is -2.27. The van der Waals surface area contributed by atoms with Gasteiger partial charge in [0.25, 0.3) is 0 Å². The Morgan fingerprint density at radius 3 is 2.46 bits per heavy atom. The van der Waals surface area contributed by atoms with Gasteiger partial charge in [0.1, 0.15) is 23.9 Å². The minimum atomic E-state index is -0.436. The first-order valence-electron chi connectivity index (χ1n) is 8.51. The van der Waals surface area contributed by atoms with Gasteiger partial charge in [-0.2, -0.15) is 0 Å². The van der Waals surface area contributed by atoms with Crippen molar-refractivity contribution in [2.24, 2.45) is 5.92 Å².